The number of hydrogen-bond donors (Lipinski definition) is 2. The molecule has 0 bridgehead atoms. The van der Waals surface area contributed by atoms with Crippen molar-refractivity contribution in [2.75, 3.05) is 32.7 Å². The van der Waals surface area contributed by atoms with Crippen LogP contribution in [0.3, 0.4) is 0 Å². The van der Waals surface area contributed by atoms with Gasteiger partial charge >= 0.3 is 0 Å². The molecule has 2 aromatic heterocycles. The average molecular weight is 344 g/mol. The van der Waals surface area contributed by atoms with Crippen molar-refractivity contribution >= 4 is 17.1 Å². The molecule has 4 rings (SSSR count). The Balaban J connectivity index is 1.35. The number of aromatic nitrogens is 4. The Morgan fingerprint density at radius 2 is 2.12 bits per heavy atom. The number of likely N-dealkylation sites (tertiary alicyclic amines) is 2. The van der Waals surface area contributed by atoms with E-state index in [0.29, 0.717) is 31.1 Å². The number of carbonyl (C=O) groups excluding carboxylic acids is 1. The number of β-amino-alcohol motifs (C(OH)–C–C–N with tert-alkyl or cyclic N) is 1. The van der Waals surface area contributed by atoms with Gasteiger partial charge in [-0.25, -0.2) is 9.97 Å². The summed E-state index contributed by atoms with van der Waals surface area (Å²) in [5.41, 5.74) is 1.83. The number of amides is 1. The normalized spacial score (nSPS) is 25.8. The van der Waals surface area contributed by atoms with Crippen LogP contribution in [0, 0.1) is 0 Å². The van der Waals surface area contributed by atoms with Crippen LogP contribution in [0.15, 0.2) is 12.4 Å². The van der Waals surface area contributed by atoms with Crippen LogP contribution in [0.25, 0.3) is 11.2 Å². The summed E-state index contributed by atoms with van der Waals surface area (Å²) in [5.74, 6) is 0.449. The highest BCUT2D eigenvalue weighted by molar-refractivity contribution is 5.73. The molecule has 2 aliphatic heterocycles. The lowest BCUT2D eigenvalue weighted by Crippen LogP contribution is -2.53. The van der Waals surface area contributed by atoms with Crippen LogP contribution in [0.4, 0.5) is 0 Å². The standard InChI is InChI=1S/C17H24N6O2/c1-12(24)23-7-2-3-17(25,4-8-23)11-22-9-13(10-22)14-15-16(21-20-14)19-6-5-18-15/h5-6,13,25H,2-4,7-11H2,1H3,(H,19,20,21). The lowest BCUT2D eigenvalue weighted by molar-refractivity contribution is -0.129. The van der Waals surface area contributed by atoms with Gasteiger partial charge in [-0.1, -0.05) is 0 Å². The van der Waals surface area contributed by atoms with Gasteiger partial charge in [-0.15, -0.1) is 0 Å². The average Bonchev–Trinajstić information content (AvgIpc) is 2.87. The number of carbonyl (C=O) groups is 1. The van der Waals surface area contributed by atoms with Crippen LogP contribution in [-0.4, -0.2) is 79.3 Å². The minimum Gasteiger partial charge on any atom is -0.388 e. The van der Waals surface area contributed by atoms with E-state index in [1.165, 1.54) is 0 Å². The molecule has 0 aliphatic carbocycles. The fraction of sp³-hybridized carbons (Fsp3) is 0.647. The number of aromatic amines is 1. The second kappa shape index (κ2) is 6.34. The number of fused-ring (bicyclic) bond motifs is 1. The van der Waals surface area contributed by atoms with Crippen molar-refractivity contribution in [3.05, 3.63) is 18.1 Å². The van der Waals surface area contributed by atoms with E-state index in [2.05, 4.69) is 25.1 Å². The summed E-state index contributed by atoms with van der Waals surface area (Å²) in [7, 11) is 0. The Morgan fingerprint density at radius 1 is 1.32 bits per heavy atom. The predicted octanol–water partition coefficient (Wildman–Crippen LogP) is 0.516. The van der Waals surface area contributed by atoms with E-state index >= 15 is 0 Å². The van der Waals surface area contributed by atoms with Crippen molar-refractivity contribution in [1.82, 2.24) is 30.0 Å². The molecule has 0 aromatic carbocycles. The molecule has 8 nitrogen and oxygen atoms in total. The summed E-state index contributed by atoms with van der Waals surface area (Å²) in [6.45, 7) is 5.41. The van der Waals surface area contributed by atoms with Crippen molar-refractivity contribution in [3.8, 4) is 0 Å². The van der Waals surface area contributed by atoms with E-state index in [4.69, 9.17) is 0 Å². The molecule has 1 atom stereocenters. The summed E-state index contributed by atoms with van der Waals surface area (Å²) in [4.78, 5) is 24.2. The minimum absolute atomic E-state index is 0.0977. The highest BCUT2D eigenvalue weighted by atomic mass is 16.3. The quantitative estimate of drug-likeness (QED) is 0.842. The van der Waals surface area contributed by atoms with Crippen molar-refractivity contribution in [1.29, 1.82) is 0 Å². The highest BCUT2D eigenvalue weighted by Crippen LogP contribution is 2.32. The van der Waals surface area contributed by atoms with Gasteiger partial charge in [0.25, 0.3) is 0 Å². The molecule has 25 heavy (non-hydrogen) atoms. The molecule has 2 fully saturated rings. The molecule has 4 heterocycles. The van der Waals surface area contributed by atoms with E-state index in [1.807, 2.05) is 4.90 Å². The van der Waals surface area contributed by atoms with Gasteiger partial charge in [0.15, 0.2) is 5.65 Å². The molecule has 2 saturated heterocycles. The Labute approximate surface area is 146 Å². The molecule has 2 aliphatic rings. The molecule has 0 spiro atoms. The van der Waals surface area contributed by atoms with E-state index in [9.17, 15) is 9.90 Å². The zero-order valence-electron chi connectivity index (χ0n) is 14.5. The van der Waals surface area contributed by atoms with Crippen molar-refractivity contribution < 1.29 is 9.90 Å². The Hall–Kier alpha value is -2.06. The molecule has 1 amide bonds. The van der Waals surface area contributed by atoms with Gasteiger partial charge in [-0.2, -0.15) is 5.10 Å². The first-order chi connectivity index (χ1) is 12.0. The van der Waals surface area contributed by atoms with Gasteiger partial charge in [-0.3, -0.25) is 14.8 Å². The molecule has 0 radical (unpaired) electrons. The smallest absolute Gasteiger partial charge is 0.219 e. The second-order valence-corrected chi connectivity index (χ2v) is 7.34. The number of nitrogens with one attached hydrogen (secondary N) is 1. The van der Waals surface area contributed by atoms with Gasteiger partial charge in [-0.05, 0) is 19.3 Å². The van der Waals surface area contributed by atoms with E-state index in [1.54, 1.807) is 19.3 Å². The highest BCUT2D eigenvalue weighted by Gasteiger charge is 2.38. The number of aliphatic hydroxyl groups is 1. The lowest BCUT2D eigenvalue weighted by atomic mass is 9.89. The Morgan fingerprint density at radius 3 is 2.92 bits per heavy atom. The van der Waals surface area contributed by atoms with Crippen molar-refractivity contribution in [3.63, 3.8) is 0 Å². The Kier molecular flexibility index (Phi) is 4.16. The molecule has 2 N–H and O–H groups in total. The van der Waals surface area contributed by atoms with E-state index in [-0.39, 0.29) is 5.91 Å². The molecule has 8 heteroatoms. The van der Waals surface area contributed by atoms with E-state index in [0.717, 1.165) is 43.7 Å². The van der Waals surface area contributed by atoms with Crippen LogP contribution in [-0.2, 0) is 4.79 Å². The topological polar surface area (TPSA) is 98.2 Å². The van der Waals surface area contributed by atoms with Crippen LogP contribution in [0.2, 0.25) is 0 Å². The van der Waals surface area contributed by atoms with Crippen LogP contribution >= 0.6 is 0 Å². The number of hydrogen-bond acceptors (Lipinski definition) is 6. The summed E-state index contributed by atoms with van der Waals surface area (Å²) >= 11 is 0. The Bertz CT molecular complexity index is 771. The first kappa shape index (κ1) is 16.4. The SMILES string of the molecule is CC(=O)N1CCCC(O)(CN2CC(c3[nH]nc4nccnc34)C2)CC1. The summed E-state index contributed by atoms with van der Waals surface area (Å²) < 4.78 is 0. The molecule has 1 unspecified atom stereocenters. The maximum Gasteiger partial charge on any atom is 0.219 e. The third-order valence-electron chi connectivity index (χ3n) is 5.46. The number of rotatable bonds is 3. The van der Waals surface area contributed by atoms with Crippen LogP contribution < -0.4 is 0 Å². The molecule has 2 aromatic rings. The van der Waals surface area contributed by atoms with Gasteiger partial charge < -0.3 is 10.0 Å². The van der Waals surface area contributed by atoms with Crippen molar-refractivity contribution in [2.24, 2.45) is 0 Å². The van der Waals surface area contributed by atoms with Gasteiger partial charge in [0.1, 0.15) is 5.52 Å². The molecular formula is C17H24N6O2. The van der Waals surface area contributed by atoms with Crippen LogP contribution in [0.5, 0.6) is 0 Å². The number of nitrogens with zero attached hydrogens (tertiary/aromatic N) is 5. The zero-order chi connectivity index (χ0) is 17.4. The monoisotopic (exact) mass is 344 g/mol. The van der Waals surface area contributed by atoms with E-state index < -0.39 is 5.60 Å². The maximum absolute atomic E-state index is 11.5. The first-order valence-electron chi connectivity index (χ1n) is 8.89. The third-order valence-corrected chi connectivity index (χ3v) is 5.46. The maximum atomic E-state index is 11.5. The fourth-order valence-electron chi connectivity index (χ4n) is 4.00. The minimum atomic E-state index is -0.703. The van der Waals surface area contributed by atoms with Gasteiger partial charge in [0, 0.05) is 58.0 Å². The first-order valence-corrected chi connectivity index (χ1v) is 8.89. The summed E-state index contributed by atoms with van der Waals surface area (Å²) in [6, 6.07) is 0. The van der Waals surface area contributed by atoms with Crippen molar-refractivity contribution in [2.45, 2.75) is 37.7 Å². The van der Waals surface area contributed by atoms with Crippen LogP contribution in [0.1, 0.15) is 37.8 Å². The fourth-order valence-corrected chi connectivity index (χ4v) is 4.00. The number of H-pyrrole nitrogens is 1. The molecular weight excluding hydrogens is 320 g/mol. The lowest BCUT2D eigenvalue weighted by Gasteiger charge is -2.43. The summed E-state index contributed by atoms with van der Waals surface area (Å²) in [6.07, 6.45) is 5.58. The van der Waals surface area contributed by atoms with Gasteiger partial charge in [0.2, 0.25) is 5.91 Å². The molecule has 0 saturated carbocycles. The summed E-state index contributed by atoms with van der Waals surface area (Å²) in [5, 5.41) is 18.2. The van der Waals surface area contributed by atoms with Gasteiger partial charge in [0.05, 0.1) is 11.3 Å². The second-order valence-electron chi connectivity index (χ2n) is 7.34. The largest absolute Gasteiger partial charge is 0.388 e. The molecule has 134 valence electrons. The predicted molar refractivity (Wildman–Crippen MR) is 91.9 cm³/mol. The third kappa shape index (κ3) is 3.23. The zero-order valence-corrected chi connectivity index (χ0v) is 14.5.